The molecule has 0 saturated heterocycles. The van der Waals surface area contributed by atoms with E-state index in [9.17, 15) is 0 Å². The third-order valence-electron chi connectivity index (χ3n) is 2.33. The zero-order valence-corrected chi connectivity index (χ0v) is 8.83. The fraction of sp³-hybridized carbons (Fsp3) is 0.800. The van der Waals surface area contributed by atoms with Crippen molar-refractivity contribution in [2.24, 2.45) is 5.41 Å². The van der Waals surface area contributed by atoms with E-state index in [0.29, 0.717) is 11.6 Å². The minimum absolute atomic E-state index is 0.314. The van der Waals surface area contributed by atoms with Crippen LogP contribution in [-0.4, -0.2) is 29.6 Å². The summed E-state index contributed by atoms with van der Waals surface area (Å²) in [6, 6.07) is 0. The Morgan fingerprint density at radius 3 is 2.17 bits per heavy atom. The van der Waals surface area contributed by atoms with Crippen molar-refractivity contribution in [1.82, 2.24) is 9.80 Å². The van der Waals surface area contributed by atoms with Gasteiger partial charge in [0.25, 0.3) is 0 Å². The highest BCUT2D eigenvalue weighted by Crippen LogP contribution is 2.30. The van der Waals surface area contributed by atoms with Gasteiger partial charge in [-0.2, -0.15) is 0 Å². The van der Waals surface area contributed by atoms with Gasteiger partial charge in [-0.25, -0.2) is 0 Å². The lowest BCUT2D eigenvalue weighted by Crippen LogP contribution is -2.46. The Kier molecular flexibility index (Phi) is 2.36. The molecule has 1 aliphatic rings. The van der Waals surface area contributed by atoms with Crippen molar-refractivity contribution in [2.45, 2.75) is 33.9 Å². The molecule has 0 fully saturated rings. The smallest absolute Gasteiger partial charge is 0.105 e. The molecule has 0 aromatic carbocycles. The third-order valence-corrected chi connectivity index (χ3v) is 2.33. The van der Waals surface area contributed by atoms with Gasteiger partial charge in [0.05, 0.1) is 0 Å². The molecule has 0 amide bonds. The first-order valence-corrected chi connectivity index (χ1v) is 4.63. The van der Waals surface area contributed by atoms with E-state index in [2.05, 4.69) is 56.9 Å². The Labute approximate surface area is 75.8 Å². The maximum atomic E-state index is 2.38. The highest BCUT2D eigenvalue weighted by atomic mass is 15.4. The van der Waals surface area contributed by atoms with E-state index in [0.717, 1.165) is 6.54 Å². The Bertz CT molecular complexity index is 179. The first-order valence-electron chi connectivity index (χ1n) is 4.63. The van der Waals surface area contributed by atoms with Crippen LogP contribution in [-0.2, 0) is 0 Å². The number of rotatable bonds is 1. The topological polar surface area (TPSA) is 6.48 Å². The molecule has 70 valence electrons. The van der Waals surface area contributed by atoms with Crippen LogP contribution in [0.2, 0.25) is 0 Å². The maximum absolute atomic E-state index is 2.38. The van der Waals surface area contributed by atoms with Gasteiger partial charge in [0, 0.05) is 31.4 Å². The maximum Gasteiger partial charge on any atom is 0.105 e. The third kappa shape index (κ3) is 1.57. The summed E-state index contributed by atoms with van der Waals surface area (Å²) in [6.07, 6.45) is 4.84. The molecule has 0 bridgehead atoms. The van der Waals surface area contributed by atoms with Crippen LogP contribution in [0.1, 0.15) is 27.7 Å². The molecule has 2 heteroatoms. The van der Waals surface area contributed by atoms with E-state index in [-0.39, 0.29) is 0 Å². The molecule has 1 atom stereocenters. The fourth-order valence-electron chi connectivity index (χ4n) is 1.97. The molecule has 0 spiro atoms. The summed E-state index contributed by atoms with van der Waals surface area (Å²) in [5, 5.41) is 0. The molecule has 0 aromatic rings. The molecule has 1 aliphatic heterocycles. The summed E-state index contributed by atoms with van der Waals surface area (Å²) >= 11 is 0. The Morgan fingerprint density at radius 2 is 1.83 bits per heavy atom. The summed E-state index contributed by atoms with van der Waals surface area (Å²) in [5.74, 6) is 0. The van der Waals surface area contributed by atoms with Gasteiger partial charge >= 0.3 is 0 Å². The number of hydrogen-bond acceptors (Lipinski definition) is 2. The van der Waals surface area contributed by atoms with Crippen LogP contribution in [0.4, 0.5) is 0 Å². The number of nitrogens with zero attached hydrogens (tertiary/aromatic N) is 2. The lowest BCUT2D eigenvalue weighted by Gasteiger charge is -2.39. The Hall–Kier alpha value is -0.660. The molecular weight excluding hydrogens is 148 g/mol. The molecule has 0 radical (unpaired) electrons. The highest BCUT2D eigenvalue weighted by molar-refractivity contribution is 4.99. The molecule has 0 saturated carbocycles. The largest absolute Gasteiger partial charge is 0.359 e. The molecule has 0 N–H and O–H groups in total. The lowest BCUT2D eigenvalue weighted by atomic mass is 9.91. The van der Waals surface area contributed by atoms with Gasteiger partial charge in [-0.3, -0.25) is 0 Å². The minimum atomic E-state index is 0.314. The van der Waals surface area contributed by atoms with E-state index in [4.69, 9.17) is 0 Å². The average Bonchev–Trinajstić information content (AvgIpc) is 2.29. The van der Waals surface area contributed by atoms with Crippen LogP contribution < -0.4 is 0 Å². The summed E-state index contributed by atoms with van der Waals surface area (Å²) < 4.78 is 0. The quantitative estimate of drug-likeness (QED) is 0.591. The zero-order chi connectivity index (χ0) is 9.35. The molecule has 0 aliphatic carbocycles. The first kappa shape index (κ1) is 9.43. The van der Waals surface area contributed by atoms with Crippen LogP contribution in [0, 0.1) is 5.41 Å². The second kappa shape index (κ2) is 3.00. The van der Waals surface area contributed by atoms with E-state index in [1.807, 2.05) is 0 Å². The van der Waals surface area contributed by atoms with E-state index >= 15 is 0 Å². The predicted octanol–water partition coefficient (Wildman–Crippen LogP) is 2.10. The zero-order valence-electron chi connectivity index (χ0n) is 8.83. The van der Waals surface area contributed by atoms with Crippen LogP contribution in [0.3, 0.4) is 0 Å². The Morgan fingerprint density at radius 1 is 1.25 bits per heavy atom. The van der Waals surface area contributed by atoms with Gasteiger partial charge in [-0.1, -0.05) is 20.8 Å². The molecule has 1 heterocycles. The molecular formula is C10H20N2. The van der Waals surface area contributed by atoms with Crippen molar-refractivity contribution in [2.75, 3.05) is 13.6 Å². The highest BCUT2D eigenvalue weighted by Gasteiger charge is 2.33. The Balaban J connectivity index is 2.75. The predicted molar refractivity (Wildman–Crippen MR) is 52.5 cm³/mol. The van der Waals surface area contributed by atoms with Crippen LogP contribution in [0.25, 0.3) is 0 Å². The summed E-state index contributed by atoms with van der Waals surface area (Å²) in [5.41, 5.74) is 0.314. The summed E-state index contributed by atoms with van der Waals surface area (Å²) in [7, 11) is 2.14. The van der Waals surface area contributed by atoms with E-state index in [1.165, 1.54) is 0 Å². The van der Waals surface area contributed by atoms with Crippen molar-refractivity contribution in [3.8, 4) is 0 Å². The van der Waals surface area contributed by atoms with E-state index < -0.39 is 0 Å². The second-order valence-corrected chi connectivity index (χ2v) is 4.53. The fourth-order valence-corrected chi connectivity index (χ4v) is 1.97. The van der Waals surface area contributed by atoms with Gasteiger partial charge in [0.15, 0.2) is 0 Å². The molecule has 1 rings (SSSR count). The van der Waals surface area contributed by atoms with Gasteiger partial charge < -0.3 is 9.80 Å². The standard InChI is InChI=1S/C10H20N2/c1-6-12-8-7-11(5)9(12)10(2,3)4/h7-9H,6H2,1-5H3. The minimum Gasteiger partial charge on any atom is -0.359 e. The van der Waals surface area contributed by atoms with Crippen molar-refractivity contribution >= 4 is 0 Å². The monoisotopic (exact) mass is 168 g/mol. The SMILES string of the molecule is CCN1C=CN(C)C1C(C)(C)C. The van der Waals surface area contributed by atoms with Crippen molar-refractivity contribution in [3.05, 3.63) is 12.4 Å². The number of hydrogen-bond donors (Lipinski definition) is 0. The molecule has 2 nitrogen and oxygen atoms in total. The second-order valence-electron chi connectivity index (χ2n) is 4.53. The van der Waals surface area contributed by atoms with Crippen LogP contribution in [0.15, 0.2) is 12.4 Å². The van der Waals surface area contributed by atoms with Gasteiger partial charge in [-0.15, -0.1) is 0 Å². The molecule has 0 aromatic heterocycles. The summed E-state index contributed by atoms with van der Waals surface area (Å²) in [4.78, 5) is 4.66. The first-order chi connectivity index (χ1) is 5.46. The van der Waals surface area contributed by atoms with Crippen LogP contribution in [0.5, 0.6) is 0 Å². The molecule has 12 heavy (non-hydrogen) atoms. The summed E-state index contributed by atoms with van der Waals surface area (Å²) in [6.45, 7) is 10.1. The van der Waals surface area contributed by atoms with Crippen LogP contribution >= 0.6 is 0 Å². The van der Waals surface area contributed by atoms with Gasteiger partial charge in [0.2, 0.25) is 0 Å². The van der Waals surface area contributed by atoms with Crippen molar-refractivity contribution < 1.29 is 0 Å². The lowest BCUT2D eigenvalue weighted by molar-refractivity contribution is 0.0691. The molecule has 1 unspecified atom stereocenters. The normalized spacial score (nSPS) is 23.9. The van der Waals surface area contributed by atoms with Crippen molar-refractivity contribution in [1.29, 1.82) is 0 Å². The van der Waals surface area contributed by atoms with E-state index in [1.54, 1.807) is 0 Å². The average molecular weight is 168 g/mol. The van der Waals surface area contributed by atoms with Gasteiger partial charge in [-0.05, 0) is 6.92 Å². The van der Waals surface area contributed by atoms with Crippen molar-refractivity contribution in [3.63, 3.8) is 0 Å². The van der Waals surface area contributed by atoms with Gasteiger partial charge in [0.1, 0.15) is 6.17 Å².